The Morgan fingerprint density at radius 2 is 1.82 bits per heavy atom. The van der Waals surface area contributed by atoms with Crippen molar-refractivity contribution in [3.05, 3.63) is 77.5 Å². The lowest BCUT2D eigenvalue weighted by atomic mass is 10.1. The number of nitrogens with zero attached hydrogens (tertiary/aromatic N) is 2. The zero-order valence-electron chi connectivity index (χ0n) is 15.8. The first-order valence-corrected chi connectivity index (χ1v) is 9.35. The normalized spacial score (nSPS) is 10.8. The molecule has 28 heavy (non-hydrogen) atoms. The minimum atomic E-state index is -1.09. The summed E-state index contributed by atoms with van der Waals surface area (Å²) in [5, 5.41) is 7.41. The van der Waals surface area contributed by atoms with Gasteiger partial charge in [0.1, 0.15) is 0 Å². The molecule has 2 aromatic carbocycles. The average Bonchev–Trinajstić information content (AvgIpc) is 3.19. The van der Waals surface area contributed by atoms with Crippen molar-refractivity contribution in [2.75, 3.05) is 13.6 Å². The number of rotatable bonds is 8. The van der Waals surface area contributed by atoms with Crippen LogP contribution in [0.15, 0.2) is 54.6 Å². The minimum absolute atomic E-state index is 0.228. The van der Waals surface area contributed by atoms with Gasteiger partial charge in [-0.2, -0.15) is 5.10 Å². The van der Waals surface area contributed by atoms with E-state index in [2.05, 4.69) is 16.3 Å². The standard InChI is InChI=1S/C22H23F2N3O/c1-27(22(28)18-12-8-13-19(23)21(18)24)14-7-3-6-11-17-15-20(26-25-17)16-9-4-2-5-10-16/h2,4-5,8-10,12-13,15H,3,6-7,11,14H2,1H3,(H,25,26). The highest BCUT2D eigenvalue weighted by Gasteiger charge is 2.18. The summed E-state index contributed by atoms with van der Waals surface area (Å²) in [6.45, 7) is 0.493. The highest BCUT2D eigenvalue weighted by molar-refractivity contribution is 5.94. The molecular formula is C22H23F2N3O. The second-order valence-corrected chi connectivity index (χ2v) is 6.78. The number of carbonyl (C=O) groups excluding carboxylic acids is 1. The number of nitrogens with one attached hydrogen (secondary N) is 1. The Balaban J connectivity index is 1.42. The van der Waals surface area contributed by atoms with E-state index in [4.69, 9.17) is 0 Å². The van der Waals surface area contributed by atoms with Gasteiger partial charge in [0.25, 0.3) is 5.91 Å². The van der Waals surface area contributed by atoms with Gasteiger partial charge in [-0.3, -0.25) is 9.89 Å². The van der Waals surface area contributed by atoms with Crippen LogP contribution < -0.4 is 0 Å². The fourth-order valence-corrected chi connectivity index (χ4v) is 3.06. The van der Waals surface area contributed by atoms with Crippen molar-refractivity contribution in [1.82, 2.24) is 15.1 Å². The van der Waals surface area contributed by atoms with Crippen LogP contribution in [0.3, 0.4) is 0 Å². The van der Waals surface area contributed by atoms with Gasteiger partial charge in [-0.25, -0.2) is 8.78 Å². The van der Waals surface area contributed by atoms with Gasteiger partial charge in [-0.15, -0.1) is 0 Å². The van der Waals surface area contributed by atoms with Gasteiger partial charge < -0.3 is 4.90 Å². The first kappa shape index (κ1) is 19.7. The quantitative estimate of drug-likeness (QED) is 0.566. The van der Waals surface area contributed by atoms with Gasteiger partial charge in [0, 0.05) is 24.8 Å². The molecule has 0 aliphatic carbocycles. The van der Waals surface area contributed by atoms with Crippen LogP contribution in [0.25, 0.3) is 11.3 Å². The maximum atomic E-state index is 13.7. The molecule has 1 amide bonds. The second-order valence-electron chi connectivity index (χ2n) is 6.78. The zero-order valence-corrected chi connectivity index (χ0v) is 15.8. The smallest absolute Gasteiger partial charge is 0.256 e. The molecule has 4 nitrogen and oxygen atoms in total. The number of halogens is 2. The molecule has 3 aromatic rings. The number of carbonyl (C=O) groups is 1. The van der Waals surface area contributed by atoms with Gasteiger partial charge in [0.05, 0.1) is 11.3 Å². The van der Waals surface area contributed by atoms with Crippen LogP contribution in [0.5, 0.6) is 0 Å². The third-order valence-corrected chi connectivity index (χ3v) is 4.67. The lowest BCUT2D eigenvalue weighted by Crippen LogP contribution is -2.28. The van der Waals surface area contributed by atoms with E-state index in [1.807, 2.05) is 30.3 Å². The highest BCUT2D eigenvalue weighted by Crippen LogP contribution is 2.18. The summed E-state index contributed by atoms with van der Waals surface area (Å²) in [4.78, 5) is 13.7. The Labute approximate surface area is 163 Å². The molecule has 3 rings (SSSR count). The summed E-state index contributed by atoms with van der Waals surface area (Å²) in [5.74, 6) is -2.60. The molecule has 1 N–H and O–H groups in total. The maximum absolute atomic E-state index is 13.7. The van der Waals surface area contributed by atoms with E-state index in [1.165, 1.54) is 17.0 Å². The Morgan fingerprint density at radius 3 is 2.61 bits per heavy atom. The minimum Gasteiger partial charge on any atom is -0.342 e. The Kier molecular flexibility index (Phi) is 6.53. The van der Waals surface area contributed by atoms with E-state index in [9.17, 15) is 13.6 Å². The first-order chi connectivity index (χ1) is 13.6. The number of hydrogen-bond donors (Lipinski definition) is 1. The van der Waals surface area contributed by atoms with Gasteiger partial charge in [-0.05, 0) is 37.5 Å². The van der Waals surface area contributed by atoms with Crippen LogP contribution in [-0.4, -0.2) is 34.6 Å². The third-order valence-electron chi connectivity index (χ3n) is 4.67. The van der Waals surface area contributed by atoms with Gasteiger partial charge in [0.15, 0.2) is 11.6 Å². The first-order valence-electron chi connectivity index (χ1n) is 9.35. The molecule has 0 spiro atoms. The molecule has 0 saturated heterocycles. The fraction of sp³-hybridized carbons (Fsp3) is 0.273. The molecule has 0 saturated carbocycles. The molecule has 0 unspecified atom stereocenters. The number of aromatic nitrogens is 2. The van der Waals surface area contributed by atoms with Crippen molar-refractivity contribution in [1.29, 1.82) is 0 Å². The van der Waals surface area contributed by atoms with E-state index < -0.39 is 17.5 Å². The molecule has 0 bridgehead atoms. The van der Waals surface area contributed by atoms with Crippen LogP contribution in [0, 0.1) is 11.6 Å². The molecule has 0 atom stereocenters. The van der Waals surface area contributed by atoms with E-state index in [0.29, 0.717) is 6.54 Å². The molecule has 146 valence electrons. The Hall–Kier alpha value is -3.02. The number of H-pyrrole nitrogens is 1. The van der Waals surface area contributed by atoms with Crippen LogP contribution in [0.1, 0.15) is 35.3 Å². The fourth-order valence-electron chi connectivity index (χ4n) is 3.06. The predicted molar refractivity (Wildman–Crippen MR) is 105 cm³/mol. The van der Waals surface area contributed by atoms with Crippen molar-refractivity contribution in [3.63, 3.8) is 0 Å². The van der Waals surface area contributed by atoms with Crippen molar-refractivity contribution < 1.29 is 13.6 Å². The number of hydrogen-bond acceptors (Lipinski definition) is 2. The van der Waals surface area contributed by atoms with Crippen molar-refractivity contribution in [3.8, 4) is 11.3 Å². The zero-order chi connectivity index (χ0) is 19.9. The van der Waals surface area contributed by atoms with Gasteiger partial charge in [-0.1, -0.05) is 42.8 Å². The van der Waals surface area contributed by atoms with E-state index in [1.54, 1.807) is 7.05 Å². The molecule has 6 heteroatoms. The average molecular weight is 383 g/mol. The Morgan fingerprint density at radius 1 is 1.04 bits per heavy atom. The second kappa shape index (κ2) is 9.26. The van der Waals surface area contributed by atoms with Crippen LogP contribution in [0.4, 0.5) is 8.78 Å². The summed E-state index contributed by atoms with van der Waals surface area (Å²) < 4.78 is 27.0. The summed E-state index contributed by atoms with van der Waals surface area (Å²) in [5.41, 5.74) is 2.85. The summed E-state index contributed by atoms with van der Waals surface area (Å²) in [7, 11) is 1.60. The summed E-state index contributed by atoms with van der Waals surface area (Å²) in [6, 6.07) is 15.7. The number of aromatic amines is 1. The van der Waals surface area contributed by atoms with Crippen molar-refractivity contribution in [2.24, 2.45) is 0 Å². The summed E-state index contributed by atoms with van der Waals surface area (Å²) in [6.07, 6.45) is 3.53. The molecule has 0 radical (unpaired) electrons. The lowest BCUT2D eigenvalue weighted by Gasteiger charge is -2.17. The van der Waals surface area contributed by atoms with E-state index in [0.717, 1.165) is 48.7 Å². The van der Waals surface area contributed by atoms with Gasteiger partial charge in [0.2, 0.25) is 0 Å². The van der Waals surface area contributed by atoms with Crippen LogP contribution >= 0.6 is 0 Å². The number of benzene rings is 2. The SMILES string of the molecule is CN(CCCCCc1cc(-c2ccccc2)n[nH]1)C(=O)c1cccc(F)c1F. The number of unbranched alkanes of at least 4 members (excludes halogenated alkanes) is 2. The highest BCUT2D eigenvalue weighted by atomic mass is 19.2. The molecule has 0 aliphatic heterocycles. The number of amides is 1. The van der Waals surface area contributed by atoms with Crippen molar-refractivity contribution in [2.45, 2.75) is 25.7 Å². The molecule has 0 fully saturated rings. The Bertz CT molecular complexity index is 925. The molecule has 1 aromatic heterocycles. The monoisotopic (exact) mass is 383 g/mol. The maximum Gasteiger partial charge on any atom is 0.256 e. The molecule has 1 heterocycles. The predicted octanol–water partition coefficient (Wildman–Crippen LogP) is 4.84. The van der Waals surface area contributed by atoms with Crippen LogP contribution in [0.2, 0.25) is 0 Å². The van der Waals surface area contributed by atoms with Crippen molar-refractivity contribution >= 4 is 5.91 Å². The largest absolute Gasteiger partial charge is 0.342 e. The van der Waals surface area contributed by atoms with E-state index >= 15 is 0 Å². The number of aryl methyl sites for hydroxylation is 1. The summed E-state index contributed by atoms with van der Waals surface area (Å²) >= 11 is 0. The molecular weight excluding hydrogens is 360 g/mol. The lowest BCUT2D eigenvalue weighted by molar-refractivity contribution is 0.0787. The van der Waals surface area contributed by atoms with Gasteiger partial charge >= 0.3 is 0 Å². The topological polar surface area (TPSA) is 49.0 Å². The van der Waals surface area contributed by atoms with Crippen LogP contribution in [-0.2, 0) is 6.42 Å². The van der Waals surface area contributed by atoms with E-state index in [-0.39, 0.29) is 5.56 Å². The molecule has 0 aliphatic rings. The third kappa shape index (κ3) is 4.82.